The molecule has 0 saturated carbocycles. The van der Waals surface area contributed by atoms with E-state index in [-0.39, 0.29) is 43.4 Å². The number of halogens is 6. The van der Waals surface area contributed by atoms with E-state index in [2.05, 4.69) is 9.98 Å². The van der Waals surface area contributed by atoms with E-state index in [1.54, 1.807) is 0 Å². The Hall–Kier alpha value is -2.95. The summed E-state index contributed by atoms with van der Waals surface area (Å²) >= 11 is 0. The molecule has 0 radical (unpaired) electrons. The van der Waals surface area contributed by atoms with E-state index in [9.17, 15) is 36.6 Å². The molecule has 0 unspecified atom stereocenters. The average molecular weight is 640 g/mol. The van der Waals surface area contributed by atoms with Crippen molar-refractivity contribution in [1.29, 1.82) is 0 Å². The summed E-state index contributed by atoms with van der Waals surface area (Å²) in [5.74, 6) is -3.79. The number of aryl methyl sites for hydroxylation is 4. The first kappa shape index (κ1) is 40.5. The molecule has 0 fully saturated rings. The van der Waals surface area contributed by atoms with Crippen molar-refractivity contribution >= 4 is 22.8 Å². The van der Waals surface area contributed by atoms with Crippen LogP contribution in [0.1, 0.15) is 36.1 Å². The van der Waals surface area contributed by atoms with Gasteiger partial charge in [0, 0.05) is 32.5 Å². The van der Waals surface area contributed by atoms with Gasteiger partial charge in [0.15, 0.2) is 0 Å². The van der Waals surface area contributed by atoms with E-state index >= 15 is 0 Å². The van der Waals surface area contributed by atoms with Gasteiger partial charge in [-0.25, -0.2) is 0 Å². The number of rotatable bonds is 4. The first-order valence-corrected chi connectivity index (χ1v) is 10.6. The number of benzene rings is 2. The summed E-state index contributed by atoms with van der Waals surface area (Å²) in [4.78, 5) is 8.10. The van der Waals surface area contributed by atoms with Crippen LogP contribution in [-0.2, 0) is 32.0 Å². The maximum absolute atomic E-state index is 12.1. The summed E-state index contributed by atoms with van der Waals surface area (Å²) in [6.45, 7) is 9.98. The second-order valence-electron chi connectivity index (χ2n) is 8.00. The minimum absolute atomic E-state index is 0. The van der Waals surface area contributed by atoms with Crippen LogP contribution in [0, 0.1) is 27.7 Å². The predicted molar refractivity (Wildman–Crippen MR) is 127 cm³/mol. The van der Waals surface area contributed by atoms with Gasteiger partial charge in [-0.1, -0.05) is 36.4 Å². The van der Waals surface area contributed by atoms with Gasteiger partial charge in [0.2, 0.25) is 0 Å². The molecule has 0 aliphatic carbocycles. The van der Waals surface area contributed by atoms with Gasteiger partial charge in [0.25, 0.3) is 0 Å². The normalized spacial score (nSPS) is 12.8. The summed E-state index contributed by atoms with van der Waals surface area (Å²) in [5, 5.41) is 21.5. The molecule has 2 aromatic rings. The van der Waals surface area contributed by atoms with Crippen molar-refractivity contribution in [2.45, 2.75) is 53.9 Å². The van der Waals surface area contributed by atoms with Crippen LogP contribution in [0.25, 0.3) is 0 Å². The third-order valence-electron chi connectivity index (χ3n) is 4.69. The minimum Gasteiger partial charge on any atom is -2.00 e. The van der Waals surface area contributed by atoms with Gasteiger partial charge in [0.1, 0.15) is 0 Å². The van der Waals surface area contributed by atoms with Gasteiger partial charge in [-0.2, -0.15) is 26.3 Å². The van der Waals surface area contributed by atoms with E-state index in [1.165, 1.54) is 13.8 Å². The van der Waals surface area contributed by atoms with Gasteiger partial charge < -0.3 is 21.2 Å². The zero-order chi connectivity index (χ0) is 27.8. The maximum atomic E-state index is 12.1. The molecule has 0 aromatic heterocycles. The molecule has 39 heavy (non-hydrogen) atoms. The van der Waals surface area contributed by atoms with Crippen molar-refractivity contribution in [2.24, 2.45) is 9.98 Å². The Morgan fingerprint density at radius 2 is 0.846 bits per heavy atom. The fourth-order valence-corrected chi connectivity index (χ4v) is 2.92. The summed E-state index contributed by atoms with van der Waals surface area (Å²) < 4.78 is 72.4. The van der Waals surface area contributed by atoms with E-state index in [0.29, 0.717) is 23.5 Å². The van der Waals surface area contributed by atoms with E-state index < -0.39 is 23.9 Å². The molecule has 0 N–H and O–H groups in total. The topological polar surface area (TPSA) is 128 Å². The van der Waals surface area contributed by atoms with Crippen LogP contribution in [0.2, 0.25) is 0 Å². The summed E-state index contributed by atoms with van der Waals surface area (Å²) in [6, 6.07) is 10.9. The number of alkyl halides is 6. The molecule has 0 aliphatic rings. The Kier molecular flexibility index (Phi) is 17.6. The molecule has 2 rings (SSSR count). The molecule has 13 heteroatoms. The number of nitrogens with zero attached hydrogens (tertiary/aromatic N) is 2. The Morgan fingerprint density at radius 3 is 1.05 bits per heavy atom. The van der Waals surface area contributed by atoms with Crippen molar-refractivity contribution in [3.05, 3.63) is 82.3 Å². The van der Waals surface area contributed by atoms with Crippen molar-refractivity contribution in [3.63, 3.8) is 0 Å². The molecule has 0 aliphatic heterocycles. The molecular weight excluding hydrogens is 614 g/mol. The molecule has 0 spiro atoms. The molecule has 2 aromatic carbocycles. The number of hydrogen-bond donors (Lipinski definition) is 0. The Morgan fingerprint density at radius 1 is 0.615 bits per heavy atom. The molecule has 0 amide bonds. The van der Waals surface area contributed by atoms with Crippen molar-refractivity contribution in [3.8, 4) is 0 Å². The Bertz CT molecular complexity index is 1070. The molecule has 218 valence electrons. The van der Waals surface area contributed by atoms with E-state index in [1.807, 2.05) is 64.1 Å². The van der Waals surface area contributed by atoms with E-state index in [0.717, 1.165) is 22.3 Å². The van der Waals surface area contributed by atoms with Gasteiger partial charge in [-0.3, -0.25) is 9.98 Å². The van der Waals surface area contributed by atoms with E-state index in [4.69, 9.17) is 0 Å². The smallest absolute Gasteiger partial charge is 0.402 e. The predicted octanol–water partition coefficient (Wildman–Crippen LogP) is 6.16. The van der Waals surface area contributed by atoms with Crippen LogP contribution < -0.4 is 10.2 Å². The number of para-hydroxylation sites is 2. The second kappa shape index (κ2) is 16.9. The third-order valence-corrected chi connectivity index (χ3v) is 4.69. The van der Waals surface area contributed by atoms with Gasteiger partial charge in [-0.05, 0) is 87.5 Å². The Balaban J connectivity index is -0.000000617. The number of aliphatic imine (C=N–C) groups is 2. The zero-order valence-corrected chi connectivity index (χ0v) is 23.8. The van der Waals surface area contributed by atoms with Gasteiger partial charge in [0.05, 0.1) is 11.4 Å². The van der Waals surface area contributed by atoms with Crippen molar-refractivity contribution < 1.29 is 68.6 Å². The van der Waals surface area contributed by atoms with Crippen LogP contribution >= 0.6 is 0 Å². The van der Waals surface area contributed by atoms with Crippen LogP contribution in [0.3, 0.4) is 0 Å². The molecule has 0 saturated heterocycles. The fourth-order valence-electron chi connectivity index (χ4n) is 2.92. The van der Waals surface area contributed by atoms with Crippen LogP contribution in [0.4, 0.5) is 37.7 Å². The number of allylic oxidation sites excluding steroid dienone is 4. The Labute approximate surface area is 237 Å². The largest absolute Gasteiger partial charge is 2.00 e. The minimum atomic E-state index is -4.85. The zero-order valence-electron chi connectivity index (χ0n) is 21.8. The second-order valence-corrected chi connectivity index (χ2v) is 8.00. The SMILES string of the molecule is CC(/C=C(\[O-])C(F)(F)F)=Nc1c(C)cccc1C.CC(/C=C(\[O-])C(F)(F)F)=Nc1c(C)cccc1C.[Mo].[O-2].[O-2]. The molecule has 0 heterocycles. The first-order chi connectivity index (χ1) is 16.4. The van der Waals surface area contributed by atoms with Crippen LogP contribution in [-0.4, -0.2) is 23.8 Å². The number of hydrogen-bond acceptors (Lipinski definition) is 4. The monoisotopic (exact) mass is 642 g/mol. The van der Waals surface area contributed by atoms with Gasteiger partial charge >= 0.3 is 12.4 Å². The third kappa shape index (κ3) is 13.6. The van der Waals surface area contributed by atoms with Crippen molar-refractivity contribution in [1.82, 2.24) is 0 Å². The van der Waals surface area contributed by atoms with Crippen LogP contribution in [0.5, 0.6) is 0 Å². The standard InChI is InChI=1S/2C13H14F3NO.Mo.2O/c2*1-8-5-4-6-9(2)12(8)17-10(3)7-11(18)13(14,15)16;;;/h2*4-7,18H,1-3H3;;;/q;;;2*-2/p-2/b2*11-7-,17-10?;;;. The van der Waals surface area contributed by atoms with Crippen LogP contribution in [0.15, 0.2) is 70.1 Å². The summed E-state index contributed by atoms with van der Waals surface area (Å²) in [6.07, 6.45) is -8.69. The quantitative estimate of drug-likeness (QED) is 0.172. The molecule has 0 atom stereocenters. The van der Waals surface area contributed by atoms with Crippen molar-refractivity contribution in [2.75, 3.05) is 0 Å². The average Bonchev–Trinajstić information content (AvgIpc) is 2.72. The summed E-state index contributed by atoms with van der Waals surface area (Å²) in [7, 11) is 0. The molecular formula is C26H26F6MoN2O4-6. The first-order valence-electron chi connectivity index (χ1n) is 10.6. The summed E-state index contributed by atoms with van der Waals surface area (Å²) in [5.41, 5.74) is 4.67. The van der Waals surface area contributed by atoms with Gasteiger partial charge in [-0.15, -0.1) is 0 Å². The molecule has 6 nitrogen and oxygen atoms in total. The molecule has 0 bridgehead atoms. The maximum Gasteiger partial charge on any atom is 0.402 e. The fraction of sp³-hybridized carbons (Fsp3) is 0.308.